The molecule has 0 unspecified atom stereocenters. The van der Waals surface area contributed by atoms with Gasteiger partial charge >= 0.3 is 0 Å². The average molecular weight is 367 g/mol. The van der Waals surface area contributed by atoms with Crippen molar-refractivity contribution in [3.8, 4) is 0 Å². The first-order valence-corrected chi connectivity index (χ1v) is 9.71. The molecule has 2 saturated heterocycles. The Balaban J connectivity index is 1.36. The minimum Gasteiger partial charge on any atom is -0.352 e. The molecule has 4 heterocycles. The molecule has 0 aromatic carbocycles. The number of nitrogens with zero attached hydrogens (tertiary/aromatic N) is 7. The normalized spacial score (nSPS) is 18.3. The number of rotatable bonds is 3. The maximum atomic E-state index is 12.6. The Hall–Kier alpha value is -2.77. The summed E-state index contributed by atoms with van der Waals surface area (Å²) in [6.07, 6.45) is 8.09. The van der Waals surface area contributed by atoms with Crippen LogP contribution in [0.25, 0.3) is 0 Å². The van der Waals surface area contributed by atoms with E-state index in [-0.39, 0.29) is 5.91 Å². The standard InChI is InChI=1S/C19H25N7O/c27-18(25-10-3-1-2-4-11-25)16-6-7-17(23-22-16)24-12-14-26(15-13-24)19-20-8-5-9-21-19/h5-9H,1-4,10-15H2. The third-order valence-electron chi connectivity index (χ3n) is 5.20. The molecule has 0 saturated carbocycles. The third kappa shape index (κ3) is 4.15. The highest BCUT2D eigenvalue weighted by Gasteiger charge is 2.22. The molecule has 27 heavy (non-hydrogen) atoms. The van der Waals surface area contributed by atoms with Crippen molar-refractivity contribution in [2.75, 3.05) is 49.1 Å². The van der Waals surface area contributed by atoms with E-state index in [1.54, 1.807) is 12.4 Å². The maximum Gasteiger partial charge on any atom is 0.274 e. The molecule has 0 atom stereocenters. The van der Waals surface area contributed by atoms with E-state index < -0.39 is 0 Å². The summed E-state index contributed by atoms with van der Waals surface area (Å²) in [6.45, 7) is 4.97. The number of amides is 1. The van der Waals surface area contributed by atoms with Crippen LogP contribution >= 0.6 is 0 Å². The zero-order valence-electron chi connectivity index (χ0n) is 15.5. The number of carbonyl (C=O) groups is 1. The Morgan fingerprint density at radius 1 is 0.778 bits per heavy atom. The van der Waals surface area contributed by atoms with E-state index in [0.29, 0.717) is 5.69 Å². The molecule has 0 spiro atoms. The second-order valence-corrected chi connectivity index (χ2v) is 7.01. The topological polar surface area (TPSA) is 78.4 Å². The number of piperazine rings is 1. The van der Waals surface area contributed by atoms with Crippen molar-refractivity contribution < 1.29 is 4.79 Å². The van der Waals surface area contributed by atoms with Crippen molar-refractivity contribution in [2.24, 2.45) is 0 Å². The van der Waals surface area contributed by atoms with Crippen LogP contribution in [0.2, 0.25) is 0 Å². The van der Waals surface area contributed by atoms with E-state index in [0.717, 1.165) is 63.9 Å². The van der Waals surface area contributed by atoms with Crippen LogP contribution in [0.3, 0.4) is 0 Å². The predicted octanol–water partition coefficient (Wildman–Crippen LogP) is 1.61. The van der Waals surface area contributed by atoms with Crippen molar-refractivity contribution in [3.05, 3.63) is 36.3 Å². The van der Waals surface area contributed by atoms with Crippen molar-refractivity contribution in [3.63, 3.8) is 0 Å². The van der Waals surface area contributed by atoms with E-state index in [1.807, 2.05) is 23.1 Å². The van der Waals surface area contributed by atoms with Crippen molar-refractivity contribution in [1.82, 2.24) is 25.1 Å². The van der Waals surface area contributed by atoms with Crippen LogP contribution in [0.4, 0.5) is 11.8 Å². The SMILES string of the molecule is O=C(c1ccc(N2CCN(c3ncccn3)CC2)nn1)N1CCCCCC1. The number of hydrogen-bond donors (Lipinski definition) is 0. The summed E-state index contributed by atoms with van der Waals surface area (Å²) in [5.41, 5.74) is 0.442. The van der Waals surface area contributed by atoms with E-state index >= 15 is 0 Å². The zero-order valence-corrected chi connectivity index (χ0v) is 15.5. The number of likely N-dealkylation sites (tertiary alicyclic amines) is 1. The van der Waals surface area contributed by atoms with E-state index in [1.165, 1.54) is 12.8 Å². The van der Waals surface area contributed by atoms with Gasteiger partial charge in [0.15, 0.2) is 11.5 Å². The van der Waals surface area contributed by atoms with Crippen molar-refractivity contribution in [1.29, 1.82) is 0 Å². The van der Waals surface area contributed by atoms with Gasteiger partial charge in [0.05, 0.1) is 0 Å². The Bertz CT molecular complexity index is 736. The van der Waals surface area contributed by atoms with Crippen LogP contribution < -0.4 is 9.80 Å². The molecule has 0 radical (unpaired) electrons. The fraction of sp³-hybridized carbons (Fsp3) is 0.526. The zero-order chi connectivity index (χ0) is 18.5. The van der Waals surface area contributed by atoms with Gasteiger partial charge in [-0.15, -0.1) is 10.2 Å². The lowest BCUT2D eigenvalue weighted by Gasteiger charge is -2.35. The minimum atomic E-state index is 0.00185. The molecule has 142 valence electrons. The molecule has 2 aliphatic heterocycles. The second-order valence-electron chi connectivity index (χ2n) is 7.01. The molecule has 8 nitrogen and oxygen atoms in total. The number of carbonyl (C=O) groups excluding carboxylic acids is 1. The Morgan fingerprint density at radius 3 is 2.07 bits per heavy atom. The van der Waals surface area contributed by atoms with Crippen LogP contribution in [0.5, 0.6) is 0 Å². The first-order valence-electron chi connectivity index (χ1n) is 9.71. The Kier molecular flexibility index (Phi) is 5.41. The largest absolute Gasteiger partial charge is 0.352 e. The van der Waals surface area contributed by atoms with E-state index in [2.05, 4.69) is 30.0 Å². The second kappa shape index (κ2) is 8.28. The lowest BCUT2D eigenvalue weighted by atomic mass is 10.2. The van der Waals surface area contributed by atoms with Gasteiger partial charge in [-0.25, -0.2) is 9.97 Å². The molecule has 0 aliphatic carbocycles. The van der Waals surface area contributed by atoms with E-state index in [9.17, 15) is 4.79 Å². The van der Waals surface area contributed by atoms with Gasteiger partial charge in [-0.2, -0.15) is 0 Å². The quantitative estimate of drug-likeness (QED) is 0.815. The van der Waals surface area contributed by atoms with Crippen LogP contribution in [0.15, 0.2) is 30.6 Å². The molecule has 0 bridgehead atoms. The number of anilines is 2. The molecule has 2 fully saturated rings. The van der Waals surface area contributed by atoms with Crippen LogP contribution in [0.1, 0.15) is 36.2 Å². The monoisotopic (exact) mass is 367 g/mol. The van der Waals surface area contributed by atoms with E-state index in [4.69, 9.17) is 0 Å². The van der Waals surface area contributed by atoms with Gasteiger partial charge in [0.25, 0.3) is 5.91 Å². The molecular formula is C19H25N7O. The average Bonchev–Trinajstić information content (AvgIpc) is 3.04. The highest BCUT2D eigenvalue weighted by Crippen LogP contribution is 2.17. The van der Waals surface area contributed by atoms with Crippen molar-refractivity contribution >= 4 is 17.7 Å². The highest BCUT2D eigenvalue weighted by molar-refractivity contribution is 5.92. The molecule has 0 N–H and O–H groups in total. The van der Waals surface area contributed by atoms with Gasteiger partial charge in [-0.05, 0) is 31.0 Å². The van der Waals surface area contributed by atoms with Gasteiger partial charge in [0, 0.05) is 51.7 Å². The minimum absolute atomic E-state index is 0.00185. The molecule has 1 amide bonds. The molecule has 2 aromatic rings. The molecular weight excluding hydrogens is 342 g/mol. The lowest BCUT2D eigenvalue weighted by molar-refractivity contribution is 0.0754. The van der Waals surface area contributed by atoms with Crippen LogP contribution in [0, 0.1) is 0 Å². The maximum absolute atomic E-state index is 12.6. The summed E-state index contributed by atoms with van der Waals surface area (Å²) in [4.78, 5) is 27.5. The van der Waals surface area contributed by atoms with Crippen LogP contribution in [-0.2, 0) is 0 Å². The summed E-state index contributed by atoms with van der Waals surface area (Å²) >= 11 is 0. The molecule has 8 heteroatoms. The molecule has 2 aliphatic rings. The fourth-order valence-electron chi connectivity index (χ4n) is 3.63. The first-order chi connectivity index (χ1) is 13.3. The third-order valence-corrected chi connectivity index (χ3v) is 5.20. The summed E-state index contributed by atoms with van der Waals surface area (Å²) in [5.74, 6) is 1.58. The summed E-state index contributed by atoms with van der Waals surface area (Å²) in [6, 6.07) is 5.54. The highest BCUT2D eigenvalue weighted by atomic mass is 16.2. The summed E-state index contributed by atoms with van der Waals surface area (Å²) in [7, 11) is 0. The fourth-order valence-corrected chi connectivity index (χ4v) is 3.63. The number of hydrogen-bond acceptors (Lipinski definition) is 7. The molecule has 2 aromatic heterocycles. The lowest BCUT2D eigenvalue weighted by Crippen LogP contribution is -2.47. The Labute approximate surface area is 159 Å². The smallest absolute Gasteiger partial charge is 0.274 e. The van der Waals surface area contributed by atoms with Crippen LogP contribution in [-0.4, -0.2) is 70.2 Å². The summed E-state index contributed by atoms with van der Waals surface area (Å²) < 4.78 is 0. The van der Waals surface area contributed by atoms with Gasteiger partial charge in [0.1, 0.15) is 0 Å². The van der Waals surface area contributed by atoms with Gasteiger partial charge in [0.2, 0.25) is 5.95 Å². The van der Waals surface area contributed by atoms with Gasteiger partial charge in [-0.1, -0.05) is 12.8 Å². The Morgan fingerprint density at radius 2 is 1.44 bits per heavy atom. The van der Waals surface area contributed by atoms with Crippen molar-refractivity contribution in [2.45, 2.75) is 25.7 Å². The molecule has 4 rings (SSSR count). The summed E-state index contributed by atoms with van der Waals surface area (Å²) in [5, 5.41) is 8.53. The first kappa shape index (κ1) is 17.6. The predicted molar refractivity (Wildman–Crippen MR) is 103 cm³/mol. The number of aromatic nitrogens is 4. The van der Waals surface area contributed by atoms with Gasteiger partial charge < -0.3 is 14.7 Å². The van der Waals surface area contributed by atoms with Gasteiger partial charge in [-0.3, -0.25) is 4.79 Å².